The van der Waals surface area contributed by atoms with E-state index >= 15 is 0 Å². The van der Waals surface area contributed by atoms with Crippen molar-refractivity contribution < 1.29 is 9.47 Å². The molecule has 0 aromatic heterocycles. The van der Waals surface area contributed by atoms with E-state index in [0.717, 1.165) is 13.0 Å². The maximum Gasteiger partial charge on any atom is 0.0806 e. The average Bonchev–Trinajstić information content (AvgIpc) is 2.31. The zero-order chi connectivity index (χ0) is 11.6. The van der Waals surface area contributed by atoms with Crippen LogP contribution in [0.1, 0.15) is 39.5 Å². The Kier molecular flexibility index (Phi) is 3.88. The number of hydrogen-bond acceptors (Lipinski definition) is 3. The summed E-state index contributed by atoms with van der Waals surface area (Å²) < 4.78 is 11.4. The lowest BCUT2D eigenvalue weighted by atomic mass is 9.83. The highest BCUT2D eigenvalue weighted by Gasteiger charge is 2.39. The van der Waals surface area contributed by atoms with Crippen molar-refractivity contribution in [3.63, 3.8) is 0 Å². The summed E-state index contributed by atoms with van der Waals surface area (Å²) in [6, 6.07) is 0.674. The largest absolute Gasteiger partial charge is 0.379 e. The van der Waals surface area contributed by atoms with Gasteiger partial charge in [0.15, 0.2) is 0 Å². The van der Waals surface area contributed by atoms with Gasteiger partial charge in [-0.3, -0.25) is 0 Å². The standard InChI is InChI=1S/C13H25NO2/c1-11(2)14-8-6-13(7-9-14)5-4-12(15-3)10-16-13/h11-12H,4-10H2,1-3H3. The predicted molar refractivity (Wildman–Crippen MR) is 64.7 cm³/mol. The molecule has 0 aromatic carbocycles. The fraction of sp³-hybridized carbons (Fsp3) is 1.00. The van der Waals surface area contributed by atoms with Crippen LogP contribution in [0, 0.1) is 0 Å². The molecule has 2 aliphatic rings. The molecular weight excluding hydrogens is 202 g/mol. The van der Waals surface area contributed by atoms with Crippen molar-refractivity contribution in [2.45, 2.75) is 57.3 Å². The van der Waals surface area contributed by atoms with Crippen LogP contribution < -0.4 is 0 Å². The molecule has 3 nitrogen and oxygen atoms in total. The Bertz CT molecular complexity index is 212. The van der Waals surface area contributed by atoms with Crippen molar-refractivity contribution in [2.75, 3.05) is 26.8 Å². The second-order valence-corrected chi connectivity index (χ2v) is 5.52. The highest BCUT2D eigenvalue weighted by Crippen LogP contribution is 2.35. The molecule has 2 rings (SSSR count). The third-order valence-electron chi connectivity index (χ3n) is 4.27. The van der Waals surface area contributed by atoms with Crippen LogP contribution >= 0.6 is 0 Å². The molecular formula is C13H25NO2. The van der Waals surface area contributed by atoms with E-state index in [1.165, 1.54) is 32.4 Å². The highest BCUT2D eigenvalue weighted by atomic mass is 16.5. The van der Waals surface area contributed by atoms with Gasteiger partial charge in [0.25, 0.3) is 0 Å². The van der Waals surface area contributed by atoms with Crippen LogP contribution in [0.2, 0.25) is 0 Å². The summed E-state index contributed by atoms with van der Waals surface area (Å²) in [5, 5.41) is 0. The van der Waals surface area contributed by atoms with Gasteiger partial charge in [-0.1, -0.05) is 0 Å². The van der Waals surface area contributed by atoms with Crippen molar-refractivity contribution in [2.24, 2.45) is 0 Å². The van der Waals surface area contributed by atoms with Crippen LogP contribution in [0.25, 0.3) is 0 Å². The zero-order valence-corrected chi connectivity index (χ0v) is 10.9. The average molecular weight is 227 g/mol. The molecule has 2 saturated heterocycles. The summed E-state index contributed by atoms with van der Waals surface area (Å²) in [6.45, 7) is 7.73. The van der Waals surface area contributed by atoms with Gasteiger partial charge in [0.05, 0.1) is 18.3 Å². The van der Waals surface area contributed by atoms with Crippen LogP contribution in [0.4, 0.5) is 0 Å². The van der Waals surface area contributed by atoms with E-state index < -0.39 is 0 Å². The second-order valence-electron chi connectivity index (χ2n) is 5.52. The number of ether oxygens (including phenoxy) is 2. The van der Waals surface area contributed by atoms with Gasteiger partial charge in [-0.2, -0.15) is 0 Å². The molecule has 2 heterocycles. The molecule has 2 aliphatic heterocycles. The Balaban J connectivity index is 1.84. The first-order valence-corrected chi connectivity index (χ1v) is 6.56. The summed E-state index contributed by atoms with van der Waals surface area (Å²) in [4.78, 5) is 2.55. The van der Waals surface area contributed by atoms with Crippen LogP contribution in [0.15, 0.2) is 0 Å². The minimum Gasteiger partial charge on any atom is -0.379 e. The van der Waals surface area contributed by atoms with E-state index in [2.05, 4.69) is 18.7 Å². The van der Waals surface area contributed by atoms with Gasteiger partial charge in [0, 0.05) is 26.2 Å². The van der Waals surface area contributed by atoms with E-state index in [4.69, 9.17) is 9.47 Å². The van der Waals surface area contributed by atoms with E-state index in [9.17, 15) is 0 Å². The fourth-order valence-electron chi connectivity index (χ4n) is 2.88. The van der Waals surface area contributed by atoms with Crippen LogP contribution in [0.3, 0.4) is 0 Å². The zero-order valence-electron chi connectivity index (χ0n) is 10.9. The van der Waals surface area contributed by atoms with Gasteiger partial charge < -0.3 is 14.4 Å². The number of piperidine rings is 1. The molecule has 3 heteroatoms. The molecule has 1 unspecified atom stereocenters. The number of methoxy groups -OCH3 is 1. The van der Waals surface area contributed by atoms with Gasteiger partial charge >= 0.3 is 0 Å². The normalized spacial score (nSPS) is 31.1. The Labute approximate surface area is 99.1 Å². The van der Waals surface area contributed by atoms with Crippen molar-refractivity contribution in [1.29, 1.82) is 0 Å². The smallest absolute Gasteiger partial charge is 0.0806 e. The molecule has 0 saturated carbocycles. The number of hydrogen-bond donors (Lipinski definition) is 0. The molecule has 2 fully saturated rings. The second kappa shape index (κ2) is 5.03. The lowest BCUT2D eigenvalue weighted by Crippen LogP contribution is -2.51. The van der Waals surface area contributed by atoms with Crippen molar-refractivity contribution >= 4 is 0 Å². The molecule has 94 valence electrons. The van der Waals surface area contributed by atoms with E-state index in [0.29, 0.717) is 12.1 Å². The summed E-state index contributed by atoms with van der Waals surface area (Å²) >= 11 is 0. The lowest BCUT2D eigenvalue weighted by molar-refractivity contribution is -0.155. The van der Waals surface area contributed by atoms with Crippen molar-refractivity contribution in [1.82, 2.24) is 4.90 Å². The summed E-state index contributed by atoms with van der Waals surface area (Å²) in [5.41, 5.74) is 0.181. The van der Waals surface area contributed by atoms with Gasteiger partial charge in [-0.15, -0.1) is 0 Å². The fourth-order valence-corrected chi connectivity index (χ4v) is 2.88. The summed E-state index contributed by atoms with van der Waals surface area (Å²) in [5.74, 6) is 0. The van der Waals surface area contributed by atoms with Crippen molar-refractivity contribution in [3.05, 3.63) is 0 Å². The van der Waals surface area contributed by atoms with E-state index in [1.54, 1.807) is 7.11 Å². The van der Waals surface area contributed by atoms with Gasteiger partial charge in [-0.05, 0) is 39.5 Å². The monoisotopic (exact) mass is 227 g/mol. The summed E-state index contributed by atoms with van der Waals surface area (Å²) in [7, 11) is 1.79. The molecule has 1 spiro atoms. The highest BCUT2D eigenvalue weighted by molar-refractivity contribution is 4.91. The maximum atomic E-state index is 6.09. The molecule has 0 aromatic rings. The Morgan fingerprint density at radius 3 is 2.38 bits per heavy atom. The lowest BCUT2D eigenvalue weighted by Gasteiger charge is -2.46. The Hall–Kier alpha value is -0.120. The number of likely N-dealkylation sites (tertiary alicyclic amines) is 1. The Morgan fingerprint density at radius 1 is 1.25 bits per heavy atom. The molecule has 0 N–H and O–H groups in total. The minimum atomic E-state index is 0.181. The first kappa shape index (κ1) is 12.3. The van der Waals surface area contributed by atoms with Crippen LogP contribution in [-0.2, 0) is 9.47 Å². The molecule has 1 atom stereocenters. The first-order chi connectivity index (χ1) is 7.65. The van der Waals surface area contributed by atoms with E-state index in [-0.39, 0.29) is 5.60 Å². The number of nitrogens with zero attached hydrogens (tertiary/aromatic N) is 1. The maximum absolute atomic E-state index is 6.09. The van der Waals surface area contributed by atoms with Crippen LogP contribution in [0.5, 0.6) is 0 Å². The molecule has 0 bridgehead atoms. The SMILES string of the molecule is COC1CCC2(CCN(C(C)C)CC2)OC1. The van der Waals surface area contributed by atoms with E-state index in [1.807, 2.05) is 0 Å². The third-order valence-corrected chi connectivity index (χ3v) is 4.27. The predicted octanol–water partition coefficient (Wildman–Crippen LogP) is 2.05. The van der Waals surface area contributed by atoms with Crippen molar-refractivity contribution in [3.8, 4) is 0 Å². The molecule has 16 heavy (non-hydrogen) atoms. The molecule has 0 radical (unpaired) electrons. The Morgan fingerprint density at radius 2 is 1.94 bits per heavy atom. The molecule has 0 amide bonds. The van der Waals surface area contributed by atoms with Gasteiger partial charge in [0.2, 0.25) is 0 Å². The van der Waals surface area contributed by atoms with Crippen LogP contribution in [-0.4, -0.2) is 49.5 Å². The van der Waals surface area contributed by atoms with Gasteiger partial charge in [0.1, 0.15) is 0 Å². The third kappa shape index (κ3) is 2.58. The minimum absolute atomic E-state index is 0.181. The topological polar surface area (TPSA) is 21.7 Å². The summed E-state index contributed by atoms with van der Waals surface area (Å²) in [6.07, 6.45) is 5.06. The van der Waals surface area contributed by atoms with Gasteiger partial charge in [-0.25, -0.2) is 0 Å². The first-order valence-electron chi connectivity index (χ1n) is 6.56. The quantitative estimate of drug-likeness (QED) is 0.720. The molecule has 0 aliphatic carbocycles. The number of rotatable bonds is 2.